The quantitative estimate of drug-likeness (QED) is 0.539. The summed E-state index contributed by atoms with van der Waals surface area (Å²) in [6.45, 7) is 8.37. The van der Waals surface area contributed by atoms with Crippen molar-refractivity contribution in [1.29, 1.82) is 0 Å². The van der Waals surface area contributed by atoms with E-state index in [9.17, 15) is 0 Å². The minimum Gasteiger partial charge on any atom is -0.377 e. The van der Waals surface area contributed by atoms with Crippen LogP contribution in [0, 0.1) is 0 Å². The molecule has 0 N–H and O–H groups in total. The summed E-state index contributed by atoms with van der Waals surface area (Å²) in [7, 11) is 5.90. The third-order valence-corrected chi connectivity index (χ3v) is 3.06. The standard InChI is InChI=1S/C11H20BIO4/c1-6(2)14-5-8-9(17-13)10(11(12)16-8)15-7(3)4/h6-11H,5H2,1-4H3. The molecule has 17 heavy (non-hydrogen) atoms. The van der Waals surface area contributed by atoms with E-state index in [1.807, 2.05) is 50.7 Å². The minimum absolute atomic E-state index is 0.0912. The van der Waals surface area contributed by atoms with Gasteiger partial charge >= 0.3 is 0 Å². The lowest BCUT2D eigenvalue weighted by molar-refractivity contribution is -0.0395. The van der Waals surface area contributed by atoms with Gasteiger partial charge in [-0.2, -0.15) is 0 Å². The van der Waals surface area contributed by atoms with Gasteiger partial charge in [-0.3, -0.25) is 0 Å². The fourth-order valence-corrected chi connectivity index (χ4v) is 2.37. The van der Waals surface area contributed by atoms with Crippen molar-refractivity contribution in [3.8, 4) is 0 Å². The van der Waals surface area contributed by atoms with Gasteiger partial charge in [0.25, 0.3) is 0 Å². The van der Waals surface area contributed by atoms with Crippen molar-refractivity contribution < 1.29 is 17.3 Å². The van der Waals surface area contributed by atoms with E-state index in [4.69, 9.17) is 25.1 Å². The summed E-state index contributed by atoms with van der Waals surface area (Å²) < 4.78 is 22.3. The third kappa shape index (κ3) is 4.67. The molecule has 1 heterocycles. The van der Waals surface area contributed by atoms with E-state index in [1.165, 1.54) is 0 Å². The zero-order chi connectivity index (χ0) is 13.0. The van der Waals surface area contributed by atoms with Gasteiger partial charge in [0.15, 0.2) is 0 Å². The van der Waals surface area contributed by atoms with Crippen LogP contribution in [0.2, 0.25) is 0 Å². The van der Waals surface area contributed by atoms with Gasteiger partial charge in [0.1, 0.15) is 49.2 Å². The molecule has 1 rings (SSSR count). The normalized spacial score (nSPS) is 33.8. The molecule has 1 aliphatic heterocycles. The zero-order valence-corrected chi connectivity index (χ0v) is 12.9. The smallest absolute Gasteiger partial charge is 0.126 e. The number of hydrogen-bond donors (Lipinski definition) is 0. The zero-order valence-electron chi connectivity index (χ0n) is 10.8. The first-order valence-electron chi connectivity index (χ1n) is 5.91. The van der Waals surface area contributed by atoms with Crippen molar-refractivity contribution in [1.82, 2.24) is 0 Å². The first-order valence-corrected chi connectivity index (χ1v) is 6.79. The van der Waals surface area contributed by atoms with E-state index in [0.29, 0.717) is 6.61 Å². The van der Waals surface area contributed by atoms with Crippen molar-refractivity contribution in [3.63, 3.8) is 0 Å². The fraction of sp³-hybridized carbons (Fsp3) is 1.00. The van der Waals surface area contributed by atoms with Crippen LogP contribution >= 0.6 is 23.0 Å². The van der Waals surface area contributed by atoms with Crippen LogP contribution in [0.5, 0.6) is 0 Å². The molecule has 1 fully saturated rings. The molecule has 98 valence electrons. The van der Waals surface area contributed by atoms with E-state index in [2.05, 4.69) is 0 Å². The summed E-state index contributed by atoms with van der Waals surface area (Å²) in [5, 5.41) is 0. The molecule has 4 unspecified atom stereocenters. The molecule has 2 radical (unpaired) electrons. The molecule has 1 saturated heterocycles. The lowest BCUT2D eigenvalue weighted by Gasteiger charge is -2.23. The highest BCUT2D eigenvalue weighted by molar-refractivity contribution is 14.1. The Morgan fingerprint density at radius 2 is 1.82 bits per heavy atom. The lowest BCUT2D eigenvalue weighted by Crippen LogP contribution is -2.39. The van der Waals surface area contributed by atoms with Gasteiger partial charge in [0.05, 0.1) is 18.8 Å². The maximum atomic E-state index is 5.90. The molecule has 0 aromatic carbocycles. The molecular weight excluding hydrogens is 334 g/mol. The van der Waals surface area contributed by atoms with Crippen LogP contribution in [0.25, 0.3) is 0 Å². The molecule has 0 amide bonds. The summed E-state index contributed by atoms with van der Waals surface area (Å²) in [5.74, 6) is 0. The second-order valence-corrected chi connectivity index (χ2v) is 5.23. The second kappa shape index (κ2) is 7.28. The van der Waals surface area contributed by atoms with E-state index in [0.717, 1.165) is 0 Å². The summed E-state index contributed by atoms with van der Waals surface area (Å²) >= 11 is 1.86. The summed E-state index contributed by atoms with van der Waals surface area (Å²) in [4.78, 5) is 0. The van der Waals surface area contributed by atoms with Gasteiger partial charge in [0, 0.05) is 6.00 Å². The molecule has 4 atom stereocenters. The highest BCUT2D eigenvalue weighted by Crippen LogP contribution is 2.28. The maximum absolute atomic E-state index is 5.90. The summed E-state index contributed by atoms with van der Waals surface area (Å²) in [6.07, 6.45) is -0.351. The van der Waals surface area contributed by atoms with Crippen molar-refractivity contribution in [3.05, 3.63) is 0 Å². The summed E-state index contributed by atoms with van der Waals surface area (Å²) in [6, 6.07) is -0.460. The van der Waals surface area contributed by atoms with Crippen molar-refractivity contribution >= 4 is 30.9 Å². The van der Waals surface area contributed by atoms with Crippen LogP contribution in [0.4, 0.5) is 0 Å². The predicted octanol–water partition coefficient (Wildman–Crippen LogP) is 1.83. The third-order valence-electron chi connectivity index (χ3n) is 2.47. The Morgan fingerprint density at radius 1 is 1.18 bits per heavy atom. The van der Waals surface area contributed by atoms with Gasteiger partial charge in [-0.1, -0.05) is 0 Å². The van der Waals surface area contributed by atoms with Crippen LogP contribution in [-0.2, 0) is 17.3 Å². The van der Waals surface area contributed by atoms with Crippen molar-refractivity contribution in [2.45, 2.75) is 64.2 Å². The van der Waals surface area contributed by atoms with Gasteiger partial charge in [-0.15, -0.1) is 0 Å². The topological polar surface area (TPSA) is 36.9 Å². The Bertz CT molecular complexity index is 228. The number of rotatable bonds is 6. The average Bonchev–Trinajstić information content (AvgIpc) is 2.51. The summed E-state index contributed by atoms with van der Waals surface area (Å²) in [5.41, 5.74) is 0. The average molecular weight is 354 g/mol. The van der Waals surface area contributed by atoms with Crippen LogP contribution in [-0.4, -0.2) is 51.0 Å². The van der Waals surface area contributed by atoms with Crippen LogP contribution in [0.3, 0.4) is 0 Å². The van der Waals surface area contributed by atoms with E-state index < -0.39 is 6.00 Å². The number of hydrogen-bond acceptors (Lipinski definition) is 4. The highest BCUT2D eigenvalue weighted by atomic mass is 127. The first-order chi connectivity index (χ1) is 7.95. The Hall–Kier alpha value is 0.635. The lowest BCUT2D eigenvalue weighted by atomic mass is 9.93. The molecule has 0 bridgehead atoms. The minimum atomic E-state index is -0.460. The van der Waals surface area contributed by atoms with Crippen LogP contribution < -0.4 is 0 Å². The van der Waals surface area contributed by atoms with E-state index in [1.54, 1.807) is 0 Å². The molecule has 6 heteroatoms. The van der Waals surface area contributed by atoms with Crippen LogP contribution in [0.15, 0.2) is 0 Å². The van der Waals surface area contributed by atoms with Crippen molar-refractivity contribution in [2.24, 2.45) is 0 Å². The Labute approximate surface area is 119 Å². The highest BCUT2D eigenvalue weighted by Gasteiger charge is 2.44. The molecule has 1 aliphatic rings. The van der Waals surface area contributed by atoms with Crippen molar-refractivity contribution in [2.75, 3.05) is 6.61 Å². The molecule has 0 aromatic rings. The monoisotopic (exact) mass is 354 g/mol. The molecule has 0 spiro atoms. The fourth-order valence-electron chi connectivity index (χ4n) is 1.75. The Balaban J connectivity index is 2.56. The second-order valence-electron chi connectivity index (χ2n) is 4.72. The van der Waals surface area contributed by atoms with Crippen LogP contribution in [0.1, 0.15) is 27.7 Å². The number of halogens is 1. The Kier molecular flexibility index (Phi) is 6.72. The van der Waals surface area contributed by atoms with Gasteiger partial charge in [-0.25, -0.2) is 0 Å². The van der Waals surface area contributed by atoms with Gasteiger partial charge in [-0.05, 0) is 27.7 Å². The molecular formula is C11H20BIO4. The maximum Gasteiger partial charge on any atom is 0.126 e. The molecule has 4 nitrogen and oxygen atoms in total. The SMILES string of the molecule is [B]C1OC(COC(C)C)C(OI)C1OC(C)C. The molecule has 0 saturated carbocycles. The van der Waals surface area contributed by atoms with E-state index in [-0.39, 0.29) is 30.5 Å². The Morgan fingerprint density at radius 3 is 2.29 bits per heavy atom. The van der Waals surface area contributed by atoms with E-state index >= 15 is 0 Å². The molecule has 0 aliphatic carbocycles. The number of ether oxygens (including phenoxy) is 3. The van der Waals surface area contributed by atoms with Gasteiger partial charge in [0.2, 0.25) is 0 Å². The van der Waals surface area contributed by atoms with Gasteiger partial charge < -0.3 is 17.3 Å². The first kappa shape index (κ1) is 15.7. The largest absolute Gasteiger partial charge is 0.377 e. The molecule has 0 aromatic heterocycles. The predicted molar refractivity (Wildman–Crippen MR) is 74.4 cm³/mol.